The molecule has 1 aromatic carbocycles. The van der Waals surface area contributed by atoms with Crippen molar-refractivity contribution in [3.8, 4) is 0 Å². The minimum atomic E-state index is -0.709. The van der Waals surface area contributed by atoms with Gasteiger partial charge in [0.2, 0.25) is 0 Å². The van der Waals surface area contributed by atoms with E-state index < -0.39 is 5.97 Å². The number of hydrogen-bond acceptors (Lipinski definition) is 1. The lowest BCUT2D eigenvalue weighted by molar-refractivity contribution is -0.137. The molecule has 25 heavy (non-hydrogen) atoms. The molecule has 0 amide bonds. The fraction of sp³-hybridized carbons (Fsp3) is 0.609. The van der Waals surface area contributed by atoms with Crippen LogP contribution in [0.4, 0.5) is 0 Å². The van der Waals surface area contributed by atoms with E-state index in [1.807, 2.05) is 19.1 Å². The molecule has 0 atom stereocenters. The predicted molar refractivity (Wildman–Crippen MR) is 107 cm³/mol. The molecule has 0 aromatic heterocycles. The van der Waals surface area contributed by atoms with Crippen molar-refractivity contribution in [2.75, 3.05) is 0 Å². The molecule has 2 heteroatoms. The van der Waals surface area contributed by atoms with Crippen LogP contribution in [0.1, 0.15) is 83.1 Å². The molecule has 2 nitrogen and oxygen atoms in total. The zero-order valence-corrected chi connectivity index (χ0v) is 16.0. The predicted octanol–water partition coefficient (Wildman–Crippen LogP) is 6.80. The lowest BCUT2D eigenvalue weighted by atomic mass is 9.98. The van der Waals surface area contributed by atoms with Gasteiger partial charge in [0.15, 0.2) is 0 Å². The Morgan fingerprint density at radius 2 is 1.80 bits per heavy atom. The van der Waals surface area contributed by atoms with Gasteiger partial charge in [-0.1, -0.05) is 87.4 Å². The lowest BCUT2D eigenvalue weighted by Gasteiger charge is -2.07. The first-order valence-electron chi connectivity index (χ1n) is 10.1. The van der Waals surface area contributed by atoms with Gasteiger partial charge in [-0.25, -0.2) is 0 Å². The molecule has 0 saturated heterocycles. The molecule has 1 aliphatic rings. The highest BCUT2D eigenvalue weighted by molar-refractivity contribution is 5.66. The van der Waals surface area contributed by atoms with Crippen LogP contribution in [0.2, 0.25) is 0 Å². The zero-order chi connectivity index (χ0) is 18.2. The lowest BCUT2D eigenvalue weighted by Crippen LogP contribution is -1.93. The summed E-state index contributed by atoms with van der Waals surface area (Å²) < 4.78 is 0. The first kappa shape index (κ1) is 21.5. The van der Waals surface area contributed by atoms with Crippen LogP contribution in [0.15, 0.2) is 42.5 Å². The molecule has 1 aliphatic carbocycles. The molecule has 140 valence electrons. The highest BCUT2D eigenvalue weighted by Gasteiger charge is 2.13. The maximum Gasteiger partial charge on any atom is 0.303 e. The summed E-state index contributed by atoms with van der Waals surface area (Å²) in [6.45, 7) is 1.93. The summed E-state index contributed by atoms with van der Waals surface area (Å²) >= 11 is 0. The van der Waals surface area contributed by atoms with Crippen LogP contribution in [0.5, 0.6) is 0 Å². The Balaban J connectivity index is 0.000000299. The second-order valence-corrected chi connectivity index (χ2v) is 7.09. The van der Waals surface area contributed by atoms with Crippen molar-refractivity contribution in [1.82, 2.24) is 0 Å². The Bertz CT molecular complexity index is 458. The van der Waals surface area contributed by atoms with E-state index in [0.29, 0.717) is 0 Å². The van der Waals surface area contributed by atoms with E-state index >= 15 is 0 Å². The fourth-order valence-corrected chi connectivity index (χ4v) is 3.42. The van der Waals surface area contributed by atoms with Crippen molar-refractivity contribution in [2.45, 2.75) is 84.0 Å². The average Bonchev–Trinajstić information content (AvgIpc) is 3.13. The maximum absolute atomic E-state index is 9.94. The highest BCUT2D eigenvalue weighted by Crippen LogP contribution is 2.29. The summed E-state index contributed by atoms with van der Waals surface area (Å²) in [5.74, 6) is 0.372. The van der Waals surface area contributed by atoms with Gasteiger partial charge in [0, 0.05) is 6.42 Å². The van der Waals surface area contributed by atoms with Gasteiger partial charge < -0.3 is 5.11 Å². The van der Waals surface area contributed by atoms with E-state index in [4.69, 9.17) is 5.11 Å². The molecule has 1 fully saturated rings. The fourth-order valence-electron chi connectivity index (χ4n) is 3.42. The number of allylic oxidation sites excluding steroid dienone is 2. The van der Waals surface area contributed by atoms with E-state index in [2.05, 4.69) is 30.3 Å². The van der Waals surface area contributed by atoms with Crippen LogP contribution in [-0.4, -0.2) is 11.1 Å². The van der Waals surface area contributed by atoms with Gasteiger partial charge in [-0.15, -0.1) is 0 Å². The number of rotatable bonds is 10. The van der Waals surface area contributed by atoms with Crippen molar-refractivity contribution in [3.63, 3.8) is 0 Å². The van der Waals surface area contributed by atoms with E-state index in [-0.39, 0.29) is 6.42 Å². The quantitative estimate of drug-likeness (QED) is 0.374. The number of benzene rings is 1. The minimum Gasteiger partial charge on any atom is -0.481 e. The smallest absolute Gasteiger partial charge is 0.303 e. The van der Waals surface area contributed by atoms with Gasteiger partial charge in [-0.05, 0) is 44.1 Å². The van der Waals surface area contributed by atoms with Crippen LogP contribution in [-0.2, 0) is 11.2 Å². The molecular formula is C23H36O2. The molecule has 0 unspecified atom stereocenters. The Kier molecular flexibility index (Phi) is 12.7. The molecule has 1 saturated carbocycles. The second-order valence-electron chi connectivity index (χ2n) is 7.09. The molecule has 1 N–H and O–H groups in total. The topological polar surface area (TPSA) is 37.3 Å². The summed E-state index contributed by atoms with van der Waals surface area (Å²) in [6.07, 6.45) is 18.8. The van der Waals surface area contributed by atoms with E-state index in [9.17, 15) is 4.79 Å². The van der Waals surface area contributed by atoms with Crippen molar-refractivity contribution >= 4 is 5.97 Å². The van der Waals surface area contributed by atoms with Crippen molar-refractivity contribution in [1.29, 1.82) is 0 Å². The van der Waals surface area contributed by atoms with Crippen LogP contribution in [0.3, 0.4) is 0 Å². The minimum absolute atomic E-state index is 0.282. The Hall–Kier alpha value is -1.57. The number of aliphatic carboxylic acids is 1. The number of carboxylic acid groups (broad SMARTS) is 1. The molecule has 2 rings (SSSR count). The van der Waals surface area contributed by atoms with E-state index in [1.165, 1.54) is 63.4 Å². The van der Waals surface area contributed by atoms with Gasteiger partial charge in [0.05, 0.1) is 0 Å². The third-order valence-corrected chi connectivity index (χ3v) is 4.89. The Morgan fingerprint density at radius 3 is 2.44 bits per heavy atom. The third kappa shape index (κ3) is 12.4. The number of aryl methyl sites for hydroxylation is 1. The number of carboxylic acids is 1. The van der Waals surface area contributed by atoms with Gasteiger partial charge in [-0.2, -0.15) is 0 Å². The third-order valence-electron chi connectivity index (χ3n) is 4.89. The average molecular weight is 345 g/mol. The highest BCUT2D eigenvalue weighted by atomic mass is 16.4. The first-order valence-corrected chi connectivity index (χ1v) is 10.1. The van der Waals surface area contributed by atoms with E-state index in [1.54, 1.807) is 0 Å². The van der Waals surface area contributed by atoms with Crippen molar-refractivity contribution in [3.05, 3.63) is 48.0 Å². The van der Waals surface area contributed by atoms with Gasteiger partial charge >= 0.3 is 5.97 Å². The summed E-state index contributed by atoms with van der Waals surface area (Å²) in [4.78, 5) is 9.94. The van der Waals surface area contributed by atoms with E-state index in [0.717, 1.165) is 18.8 Å². The van der Waals surface area contributed by atoms with Crippen LogP contribution in [0.25, 0.3) is 0 Å². The SMILES string of the molecule is C/C=C\CCCC(=O)O.c1ccc(CCCCCC2CCCC2)cc1. The summed E-state index contributed by atoms with van der Waals surface area (Å²) in [5, 5.41) is 8.19. The second kappa shape index (κ2) is 14.7. The molecule has 0 heterocycles. The molecule has 0 radical (unpaired) electrons. The molecular weight excluding hydrogens is 308 g/mol. The molecule has 0 spiro atoms. The van der Waals surface area contributed by atoms with Crippen molar-refractivity contribution in [2.24, 2.45) is 5.92 Å². The molecule has 0 bridgehead atoms. The summed E-state index contributed by atoms with van der Waals surface area (Å²) in [5.41, 5.74) is 1.50. The number of carbonyl (C=O) groups is 1. The number of hydrogen-bond donors (Lipinski definition) is 1. The Morgan fingerprint density at radius 1 is 1.08 bits per heavy atom. The zero-order valence-electron chi connectivity index (χ0n) is 16.0. The van der Waals surface area contributed by atoms with Gasteiger partial charge in [0.25, 0.3) is 0 Å². The first-order chi connectivity index (χ1) is 12.2. The number of unbranched alkanes of at least 4 members (excludes halogenated alkanes) is 3. The largest absolute Gasteiger partial charge is 0.481 e. The standard InChI is InChI=1S/C16H24.C7H12O2/c1-3-9-15(10-4-1)11-5-2-6-12-16-13-7-8-14-16;1-2-3-4-5-6-7(8)9/h1,3-4,9-10,16H,2,5-8,11-14H2;2-3H,4-6H2,1H3,(H,8,9)/b;3-2-. The van der Waals surface area contributed by atoms with Crippen molar-refractivity contribution < 1.29 is 9.90 Å². The molecule has 1 aromatic rings. The summed E-state index contributed by atoms with van der Waals surface area (Å²) in [7, 11) is 0. The van der Waals surface area contributed by atoms with Gasteiger partial charge in [-0.3, -0.25) is 4.79 Å². The van der Waals surface area contributed by atoms with Crippen LogP contribution in [0, 0.1) is 5.92 Å². The van der Waals surface area contributed by atoms with Crippen LogP contribution < -0.4 is 0 Å². The van der Waals surface area contributed by atoms with Gasteiger partial charge in [0.1, 0.15) is 0 Å². The molecule has 0 aliphatic heterocycles. The van der Waals surface area contributed by atoms with Crippen LogP contribution >= 0.6 is 0 Å². The Labute approximate surface area is 154 Å². The summed E-state index contributed by atoms with van der Waals surface area (Å²) in [6, 6.07) is 10.9. The normalized spacial score (nSPS) is 14.4. The monoisotopic (exact) mass is 344 g/mol. The maximum atomic E-state index is 9.94.